The first-order chi connectivity index (χ1) is 14.0. The zero-order valence-electron chi connectivity index (χ0n) is 21.1. The molecule has 0 spiro atoms. The van der Waals surface area contributed by atoms with E-state index in [1.54, 1.807) is 0 Å². The molecule has 3 saturated carbocycles. The number of hydrogen-bond donors (Lipinski definition) is 1. The summed E-state index contributed by atoms with van der Waals surface area (Å²) >= 11 is 0. The number of fused-ring (bicyclic) bond motifs is 3. The lowest BCUT2D eigenvalue weighted by atomic mass is 9.45. The summed E-state index contributed by atoms with van der Waals surface area (Å²) in [5.74, 6) is 3.47. The van der Waals surface area contributed by atoms with Crippen molar-refractivity contribution >= 4 is 5.78 Å². The largest absolute Gasteiger partial charge is 0.393 e. The summed E-state index contributed by atoms with van der Waals surface area (Å²) in [7, 11) is 0. The average molecular weight is 420 g/mol. The zero-order valence-corrected chi connectivity index (χ0v) is 21.1. The molecule has 0 aromatic carbocycles. The van der Waals surface area contributed by atoms with Crippen LogP contribution in [0.2, 0.25) is 0 Å². The van der Waals surface area contributed by atoms with Crippen LogP contribution in [-0.2, 0) is 4.79 Å². The van der Waals surface area contributed by atoms with Crippen molar-refractivity contribution in [1.82, 2.24) is 4.90 Å². The molecule has 30 heavy (non-hydrogen) atoms. The van der Waals surface area contributed by atoms with Crippen LogP contribution in [0.25, 0.3) is 0 Å². The van der Waals surface area contributed by atoms with E-state index in [1.807, 2.05) is 0 Å². The highest BCUT2D eigenvalue weighted by Crippen LogP contribution is 2.61. The van der Waals surface area contributed by atoms with Gasteiger partial charge in [-0.1, -0.05) is 48.5 Å². The molecule has 0 heterocycles. The smallest absolute Gasteiger partial charge is 0.153 e. The van der Waals surface area contributed by atoms with Crippen LogP contribution in [0.1, 0.15) is 93.9 Å². The van der Waals surface area contributed by atoms with Crippen molar-refractivity contribution in [2.45, 2.75) is 106 Å². The van der Waals surface area contributed by atoms with Gasteiger partial charge in [-0.05, 0) is 99.0 Å². The molecular weight excluding hydrogens is 370 g/mol. The lowest BCUT2D eigenvalue weighted by Crippen LogP contribution is -2.56. The monoisotopic (exact) mass is 419 g/mol. The fourth-order valence-electron chi connectivity index (χ4n) is 8.40. The van der Waals surface area contributed by atoms with Gasteiger partial charge in [0, 0.05) is 5.92 Å². The first kappa shape index (κ1) is 24.2. The number of aliphatic hydroxyl groups excluding tert-OH is 1. The second-order valence-electron chi connectivity index (χ2n) is 12.1. The van der Waals surface area contributed by atoms with Gasteiger partial charge in [0.15, 0.2) is 5.78 Å². The molecule has 0 aliphatic heterocycles. The maximum Gasteiger partial charge on any atom is 0.153 e. The topological polar surface area (TPSA) is 40.5 Å². The predicted molar refractivity (Wildman–Crippen MR) is 125 cm³/mol. The van der Waals surface area contributed by atoms with Crippen LogP contribution < -0.4 is 0 Å². The summed E-state index contributed by atoms with van der Waals surface area (Å²) in [6.07, 6.45) is 6.42. The first-order valence-corrected chi connectivity index (χ1v) is 12.9. The lowest BCUT2D eigenvalue weighted by molar-refractivity contribution is -0.153. The Balaban J connectivity index is 1.99. The number of nitrogens with zero attached hydrogens (tertiary/aromatic N) is 1. The molecule has 3 nitrogen and oxygen atoms in total. The Morgan fingerprint density at radius 3 is 2.20 bits per heavy atom. The van der Waals surface area contributed by atoms with Gasteiger partial charge in [0.2, 0.25) is 0 Å². The van der Waals surface area contributed by atoms with Gasteiger partial charge >= 0.3 is 0 Å². The molecule has 174 valence electrons. The zero-order chi connectivity index (χ0) is 22.4. The number of ketones is 1. The molecule has 0 aromatic heterocycles. The van der Waals surface area contributed by atoms with Gasteiger partial charge in [-0.2, -0.15) is 0 Å². The molecule has 3 unspecified atom stereocenters. The number of carbonyl (C=O) groups is 1. The van der Waals surface area contributed by atoms with E-state index in [1.165, 1.54) is 6.42 Å². The lowest BCUT2D eigenvalue weighted by Gasteiger charge is -2.60. The Hall–Kier alpha value is -0.410. The van der Waals surface area contributed by atoms with Crippen LogP contribution in [0.3, 0.4) is 0 Å². The molecule has 0 radical (unpaired) electrons. The highest BCUT2D eigenvalue weighted by Gasteiger charge is 2.57. The van der Waals surface area contributed by atoms with E-state index in [0.717, 1.165) is 45.2 Å². The highest BCUT2D eigenvalue weighted by atomic mass is 16.3. The van der Waals surface area contributed by atoms with Gasteiger partial charge in [-0.3, -0.25) is 9.69 Å². The minimum atomic E-state index is -0.181. The average Bonchev–Trinajstić information content (AvgIpc) is 2.68. The molecule has 3 rings (SSSR count). The number of Topliss-reactive ketones (excluding diaryl/α,β-unsaturated/α-hetero) is 1. The van der Waals surface area contributed by atoms with Crippen molar-refractivity contribution < 1.29 is 9.90 Å². The van der Waals surface area contributed by atoms with Gasteiger partial charge in [0.1, 0.15) is 0 Å². The number of aliphatic hydroxyl groups is 1. The SMILES string of the molecule is CCN(CC)C(C)C(=O)C1C[C@@H](C)[C@@H]2CC[C@]3(C)C(O)CC[C@@H](C)[C@H]3C[C@@H]1C2(C)C. The number of hydrogen-bond acceptors (Lipinski definition) is 3. The number of rotatable bonds is 5. The fourth-order valence-corrected chi connectivity index (χ4v) is 8.40. The van der Waals surface area contributed by atoms with Crippen LogP contribution in [0.15, 0.2) is 0 Å². The molecule has 9 atom stereocenters. The second-order valence-corrected chi connectivity index (χ2v) is 12.1. The molecule has 0 aromatic rings. The summed E-state index contributed by atoms with van der Waals surface area (Å²) < 4.78 is 0. The fraction of sp³-hybridized carbons (Fsp3) is 0.963. The van der Waals surface area contributed by atoms with Crippen molar-refractivity contribution in [3.8, 4) is 0 Å². The normalized spacial score (nSPS) is 44.7. The summed E-state index contributed by atoms with van der Waals surface area (Å²) in [5, 5.41) is 11.1. The van der Waals surface area contributed by atoms with Crippen molar-refractivity contribution in [3.05, 3.63) is 0 Å². The van der Waals surface area contributed by atoms with Crippen LogP contribution >= 0.6 is 0 Å². The number of carbonyl (C=O) groups excluding carboxylic acids is 1. The standard InChI is InChI=1S/C27H49NO2/c1-9-28(10-2)19(5)25(30)20-15-18(4)21-13-14-27(8)22(16-23(20)26(21,6)7)17(3)11-12-24(27)29/h17-24,29H,9-16H2,1-8H3/t17-,18-,19?,20?,21+,22-,23+,24?,27+/m1/s1. The van der Waals surface area contributed by atoms with E-state index in [0.29, 0.717) is 35.4 Å². The molecule has 3 aliphatic rings. The van der Waals surface area contributed by atoms with Crippen LogP contribution in [0, 0.1) is 46.3 Å². The molecule has 0 amide bonds. The molecule has 1 N–H and O–H groups in total. The van der Waals surface area contributed by atoms with E-state index in [2.05, 4.69) is 60.3 Å². The van der Waals surface area contributed by atoms with Crippen LogP contribution in [0.5, 0.6) is 0 Å². The molecule has 3 aliphatic carbocycles. The van der Waals surface area contributed by atoms with Crippen molar-refractivity contribution in [2.24, 2.45) is 46.3 Å². The summed E-state index contributed by atoms with van der Waals surface area (Å²) in [6, 6.07) is 0.00995. The molecule has 3 fully saturated rings. The van der Waals surface area contributed by atoms with Gasteiger partial charge < -0.3 is 5.11 Å². The Bertz CT molecular complexity index is 612. The highest BCUT2D eigenvalue weighted by molar-refractivity contribution is 5.86. The van der Waals surface area contributed by atoms with E-state index in [4.69, 9.17) is 0 Å². The van der Waals surface area contributed by atoms with E-state index in [-0.39, 0.29) is 28.9 Å². The van der Waals surface area contributed by atoms with Crippen molar-refractivity contribution in [2.75, 3.05) is 13.1 Å². The van der Waals surface area contributed by atoms with Crippen LogP contribution in [-0.4, -0.2) is 41.0 Å². The quantitative estimate of drug-likeness (QED) is 0.612. The minimum Gasteiger partial charge on any atom is -0.393 e. The first-order valence-electron chi connectivity index (χ1n) is 12.9. The maximum absolute atomic E-state index is 13.9. The van der Waals surface area contributed by atoms with E-state index in [9.17, 15) is 9.90 Å². The molecular formula is C27H49NO2. The van der Waals surface area contributed by atoms with Gasteiger partial charge in [-0.25, -0.2) is 0 Å². The summed E-state index contributed by atoms with van der Waals surface area (Å²) in [6.45, 7) is 20.4. The van der Waals surface area contributed by atoms with Crippen molar-refractivity contribution in [1.29, 1.82) is 0 Å². The van der Waals surface area contributed by atoms with E-state index >= 15 is 0 Å². The third-order valence-electron chi connectivity index (χ3n) is 10.5. The van der Waals surface area contributed by atoms with Gasteiger partial charge in [0.25, 0.3) is 0 Å². The maximum atomic E-state index is 13.9. The van der Waals surface area contributed by atoms with Gasteiger partial charge in [0.05, 0.1) is 12.1 Å². The van der Waals surface area contributed by atoms with Crippen LogP contribution in [0.4, 0.5) is 0 Å². The minimum absolute atomic E-state index is 0.00995. The second kappa shape index (κ2) is 8.85. The Morgan fingerprint density at radius 1 is 0.967 bits per heavy atom. The molecule has 3 heteroatoms. The third-order valence-corrected chi connectivity index (χ3v) is 10.5. The van der Waals surface area contributed by atoms with Gasteiger partial charge in [-0.15, -0.1) is 0 Å². The number of likely N-dealkylation sites (N-methyl/N-ethyl adjacent to an activating group) is 1. The summed E-state index contributed by atoms with van der Waals surface area (Å²) in [5.41, 5.74) is 0.199. The third kappa shape index (κ3) is 3.91. The Labute approximate surface area is 186 Å². The Morgan fingerprint density at radius 2 is 1.60 bits per heavy atom. The molecule has 2 bridgehead atoms. The van der Waals surface area contributed by atoms with Crippen molar-refractivity contribution in [3.63, 3.8) is 0 Å². The van der Waals surface area contributed by atoms with E-state index < -0.39 is 0 Å². The molecule has 0 saturated heterocycles. The summed E-state index contributed by atoms with van der Waals surface area (Å²) in [4.78, 5) is 16.2. The Kier molecular flexibility index (Phi) is 7.15. The predicted octanol–water partition coefficient (Wildman–Crippen LogP) is 5.80.